The number of fused-ring (bicyclic) bond motifs is 1. The first-order valence-corrected chi connectivity index (χ1v) is 8.83. The topological polar surface area (TPSA) is 66.4 Å². The van der Waals surface area contributed by atoms with Crippen molar-refractivity contribution in [2.24, 2.45) is 0 Å². The maximum Gasteiger partial charge on any atom is 0.330 e. The number of hydrogen-bond donors (Lipinski definition) is 2. The van der Waals surface area contributed by atoms with Crippen molar-refractivity contribution >= 4 is 35.0 Å². The molecule has 2 N–H and O–H groups in total. The fourth-order valence-corrected chi connectivity index (χ4v) is 5.24. The minimum absolute atomic E-state index is 0.228. The van der Waals surface area contributed by atoms with E-state index >= 15 is 0 Å². The van der Waals surface area contributed by atoms with Crippen LogP contribution in [0.2, 0.25) is 0 Å². The lowest BCUT2D eigenvalue weighted by Crippen LogP contribution is -2.54. The van der Waals surface area contributed by atoms with Crippen LogP contribution in [0.15, 0.2) is 6.07 Å². The van der Waals surface area contributed by atoms with Gasteiger partial charge in [0.1, 0.15) is 5.54 Å². The quantitative estimate of drug-likeness (QED) is 0.899. The van der Waals surface area contributed by atoms with Crippen LogP contribution in [-0.4, -0.2) is 34.0 Å². The molecule has 1 aromatic rings. The van der Waals surface area contributed by atoms with Crippen LogP contribution in [0.4, 0.5) is 0 Å². The van der Waals surface area contributed by atoms with E-state index in [4.69, 9.17) is 0 Å². The first-order chi connectivity index (χ1) is 9.61. The third kappa shape index (κ3) is 2.46. The molecule has 1 aromatic heterocycles. The van der Waals surface area contributed by atoms with E-state index in [2.05, 4.69) is 5.32 Å². The minimum atomic E-state index is -1.08. The maximum absolute atomic E-state index is 12.4. The van der Waals surface area contributed by atoms with Gasteiger partial charge in [0.25, 0.3) is 5.91 Å². The van der Waals surface area contributed by atoms with E-state index in [9.17, 15) is 14.7 Å². The number of rotatable bonds is 3. The number of carbonyl (C=O) groups is 2. The predicted octanol–water partition coefficient (Wildman–Crippen LogP) is 2.32. The molecule has 0 bridgehead atoms. The number of carboxylic acid groups (broad SMARTS) is 1. The smallest absolute Gasteiger partial charge is 0.330 e. The number of nitrogens with one attached hydrogen (secondary N) is 1. The Morgan fingerprint density at radius 1 is 1.30 bits per heavy atom. The second-order valence-electron chi connectivity index (χ2n) is 5.41. The van der Waals surface area contributed by atoms with Gasteiger partial charge >= 0.3 is 5.97 Å². The molecule has 0 saturated carbocycles. The molecule has 2 aliphatic rings. The number of aryl methyl sites for hydroxylation is 2. The summed E-state index contributed by atoms with van der Waals surface area (Å²) in [5.41, 5.74) is 0.197. The van der Waals surface area contributed by atoms with Gasteiger partial charge in [-0.15, -0.1) is 11.3 Å². The van der Waals surface area contributed by atoms with Crippen molar-refractivity contribution < 1.29 is 14.7 Å². The Morgan fingerprint density at radius 3 is 2.75 bits per heavy atom. The highest BCUT2D eigenvalue weighted by atomic mass is 32.2. The molecule has 0 radical (unpaired) electrons. The second kappa shape index (κ2) is 5.41. The van der Waals surface area contributed by atoms with Crippen molar-refractivity contribution in [3.8, 4) is 0 Å². The van der Waals surface area contributed by atoms with Crippen molar-refractivity contribution in [2.75, 3.05) is 11.5 Å². The van der Waals surface area contributed by atoms with Gasteiger partial charge in [-0.2, -0.15) is 11.8 Å². The van der Waals surface area contributed by atoms with E-state index in [-0.39, 0.29) is 5.91 Å². The van der Waals surface area contributed by atoms with E-state index < -0.39 is 11.5 Å². The monoisotopic (exact) mass is 311 g/mol. The van der Waals surface area contributed by atoms with Gasteiger partial charge in [-0.25, -0.2) is 4.79 Å². The summed E-state index contributed by atoms with van der Waals surface area (Å²) in [6.45, 7) is 0. The van der Waals surface area contributed by atoms with Crippen molar-refractivity contribution in [2.45, 2.75) is 37.6 Å². The highest BCUT2D eigenvalue weighted by molar-refractivity contribution is 7.99. The summed E-state index contributed by atoms with van der Waals surface area (Å²) < 4.78 is 0. The van der Waals surface area contributed by atoms with Gasteiger partial charge in [0.05, 0.1) is 4.88 Å². The Balaban J connectivity index is 1.78. The fraction of sp³-hybridized carbons (Fsp3) is 0.571. The number of amides is 1. The highest BCUT2D eigenvalue weighted by Crippen LogP contribution is 2.32. The number of thiophene rings is 1. The molecule has 1 saturated heterocycles. The largest absolute Gasteiger partial charge is 0.479 e. The Bertz CT molecular complexity index is 523. The molecule has 2 heterocycles. The van der Waals surface area contributed by atoms with Gasteiger partial charge in [-0.1, -0.05) is 0 Å². The van der Waals surface area contributed by atoms with Crippen LogP contribution in [0.25, 0.3) is 0 Å². The highest BCUT2D eigenvalue weighted by Gasteiger charge is 2.43. The maximum atomic E-state index is 12.4. The number of carbonyl (C=O) groups excluding carboxylic acids is 1. The first-order valence-electron chi connectivity index (χ1n) is 6.86. The van der Waals surface area contributed by atoms with Crippen molar-refractivity contribution in [1.82, 2.24) is 5.32 Å². The number of thioether (sulfide) groups is 1. The molecule has 1 fully saturated rings. The average molecular weight is 311 g/mol. The summed E-state index contributed by atoms with van der Waals surface area (Å²) in [5.74, 6) is 0.0960. The standard InChI is InChI=1S/C14H17NO3S2/c16-12(15-14(13(17)18)5-6-19-8-14)11-7-9-3-1-2-4-10(9)20-11/h7H,1-6,8H2,(H,15,16)(H,17,18). The lowest BCUT2D eigenvalue weighted by Gasteiger charge is -2.24. The molecule has 1 unspecified atom stereocenters. The number of hydrogen-bond acceptors (Lipinski definition) is 4. The summed E-state index contributed by atoms with van der Waals surface area (Å²) in [6.07, 6.45) is 4.96. The molecule has 1 aliphatic carbocycles. The van der Waals surface area contributed by atoms with Gasteiger partial charge in [0.2, 0.25) is 0 Å². The van der Waals surface area contributed by atoms with Gasteiger partial charge in [-0.05, 0) is 49.5 Å². The van der Waals surface area contributed by atoms with Crippen LogP contribution in [0, 0.1) is 0 Å². The molecule has 108 valence electrons. The van der Waals surface area contributed by atoms with Gasteiger partial charge in [0, 0.05) is 10.6 Å². The van der Waals surface area contributed by atoms with Crippen LogP contribution in [-0.2, 0) is 17.6 Å². The summed E-state index contributed by atoms with van der Waals surface area (Å²) in [5, 5.41) is 12.2. The van der Waals surface area contributed by atoms with Crippen molar-refractivity contribution in [3.05, 3.63) is 21.4 Å². The van der Waals surface area contributed by atoms with Crippen LogP contribution in [0.1, 0.15) is 39.4 Å². The summed E-state index contributed by atoms with van der Waals surface area (Å²) in [4.78, 5) is 25.8. The molecule has 3 rings (SSSR count). The molecule has 1 aliphatic heterocycles. The SMILES string of the molecule is O=C(NC1(C(=O)O)CCSC1)c1cc2c(s1)CCCC2. The third-order valence-corrected chi connectivity index (χ3v) is 6.43. The van der Waals surface area contributed by atoms with Gasteiger partial charge in [-0.3, -0.25) is 4.79 Å². The van der Waals surface area contributed by atoms with E-state index in [0.29, 0.717) is 17.1 Å². The average Bonchev–Trinajstić information content (AvgIpc) is 3.05. The van der Waals surface area contributed by atoms with Crippen molar-refractivity contribution in [3.63, 3.8) is 0 Å². The molecule has 0 spiro atoms. The van der Waals surface area contributed by atoms with E-state index in [1.165, 1.54) is 34.6 Å². The van der Waals surface area contributed by atoms with E-state index in [0.717, 1.165) is 18.6 Å². The molecule has 6 heteroatoms. The van der Waals surface area contributed by atoms with Gasteiger partial charge in [0.15, 0.2) is 0 Å². The number of carboxylic acids is 1. The normalized spacial score (nSPS) is 25.2. The number of aliphatic carboxylic acids is 1. The Hall–Kier alpha value is -1.01. The first kappa shape index (κ1) is 13.9. The zero-order valence-electron chi connectivity index (χ0n) is 11.1. The third-order valence-electron chi connectivity index (χ3n) is 4.00. The van der Waals surface area contributed by atoms with Gasteiger partial charge < -0.3 is 10.4 Å². The van der Waals surface area contributed by atoms with Crippen LogP contribution in [0.3, 0.4) is 0 Å². The Kier molecular flexibility index (Phi) is 3.77. The predicted molar refractivity (Wildman–Crippen MR) is 80.7 cm³/mol. The molecule has 20 heavy (non-hydrogen) atoms. The Labute approximate surface area is 125 Å². The van der Waals surface area contributed by atoms with Crippen LogP contribution >= 0.6 is 23.1 Å². The second-order valence-corrected chi connectivity index (χ2v) is 7.65. The fourth-order valence-electron chi connectivity index (χ4n) is 2.77. The molecule has 4 nitrogen and oxygen atoms in total. The molecule has 1 atom stereocenters. The van der Waals surface area contributed by atoms with E-state index in [1.54, 1.807) is 11.8 Å². The van der Waals surface area contributed by atoms with Crippen molar-refractivity contribution in [1.29, 1.82) is 0 Å². The Morgan fingerprint density at radius 2 is 2.10 bits per heavy atom. The minimum Gasteiger partial charge on any atom is -0.479 e. The summed E-state index contributed by atoms with van der Waals surface area (Å²) in [6, 6.07) is 1.95. The molecule has 0 aromatic carbocycles. The van der Waals surface area contributed by atoms with Crippen LogP contribution < -0.4 is 5.32 Å². The van der Waals surface area contributed by atoms with E-state index in [1.807, 2.05) is 6.07 Å². The zero-order valence-corrected chi connectivity index (χ0v) is 12.7. The summed E-state index contributed by atoms with van der Waals surface area (Å²) in [7, 11) is 0. The lowest BCUT2D eigenvalue weighted by molar-refractivity contribution is -0.143. The molecule has 1 amide bonds. The lowest BCUT2D eigenvalue weighted by atomic mass is 9.98. The summed E-state index contributed by atoms with van der Waals surface area (Å²) >= 11 is 3.11. The molecular weight excluding hydrogens is 294 g/mol. The zero-order chi connectivity index (χ0) is 14.2. The molecular formula is C14H17NO3S2. The van der Waals surface area contributed by atoms with Crippen LogP contribution in [0.5, 0.6) is 0 Å².